The van der Waals surface area contributed by atoms with E-state index in [0.717, 1.165) is 44.5 Å². The van der Waals surface area contributed by atoms with Gasteiger partial charge in [0.15, 0.2) is 0 Å². The van der Waals surface area contributed by atoms with Crippen LogP contribution in [0.2, 0.25) is 0 Å². The second-order valence-electron chi connectivity index (χ2n) is 19.0. The Balaban J connectivity index is 1.74. The van der Waals surface area contributed by atoms with E-state index in [1.165, 1.54) is 36.1 Å². The summed E-state index contributed by atoms with van der Waals surface area (Å²) in [5, 5.41) is 0. The zero-order valence-corrected chi connectivity index (χ0v) is 36.1. The van der Waals surface area contributed by atoms with E-state index >= 15 is 0 Å². The van der Waals surface area contributed by atoms with Crippen LogP contribution in [-0.4, -0.2) is 31.1 Å². The molecular formula is C46H56O4Sn. The van der Waals surface area contributed by atoms with Gasteiger partial charge >= 0.3 is 313 Å². The van der Waals surface area contributed by atoms with Crippen molar-refractivity contribution >= 4 is 31.1 Å². The fourth-order valence-electron chi connectivity index (χ4n) is 8.11. The molecule has 0 atom stereocenters. The molecule has 0 heterocycles. The van der Waals surface area contributed by atoms with Gasteiger partial charge in [0, 0.05) is 0 Å². The molecule has 2 aliphatic carbocycles. The Morgan fingerprint density at radius 1 is 0.431 bits per heavy atom. The minimum absolute atomic E-state index is 0.0695. The van der Waals surface area contributed by atoms with Gasteiger partial charge in [-0.1, -0.05) is 0 Å². The van der Waals surface area contributed by atoms with Gasteiger partial charge in [-0.25, -0.2) is 0 Å². The summed E-state index contributed by atoms with van der Waals surface area (Å²) in [6.07, 6.45) is 0. The average Bonchev–Trinajstić information content (AvgIpc) is 3.50. The molecule has 5 heteroatoms. The Kier molecular flexibility index (Phi) is 9.05. The molecule has 0 saturated carbocycles. The van der Waals surface area contributed by atoms with Crippen molar-refractivity contribution in [1.29, 1.82) is 0 Å². The molecule has 4 aromatic carbocycles. The van der Waals surface area contributed by atoms with Crippen LogP contribution in [-0.2, 0) is 37.4 Å². The fraction of sp³-hybridized carbons (Fsp3) is 0.435. The van der Waals surface area contributed by atoms with Crippen LogP contribution in [0.25, 0.3) is 22.3 Å². The number of carbonyl (C=O) groups excluding carboxylic acids is 2. The third kappa shape index (κ3) is 6.60. The van der Waals surface area contributed by atoms with Gasteiger partial charge in [-0.3, -0.25) is 0 Å². The van der Waals surface area contributed by atoms with Crippen LogP contribution in [0.15, 0.2) is 72.8 Å². The zero-order chi connectivity index (χ0) is 37.6. The Hall–Kier alpha value is -3.38. The fourth-order valence-corrected chi connectivity index (χ4v) is 20.9. The standard InChI is InChI=1S/2C21H25.2C2H4O2.Sn/c2*1-20(2,3)16-9-7-14-11-15-8-10-17(21(4,5)6)13-19(15)18(14)12-16;2*1-2(3)4;/h2*7-13H,1-6H3;2*1H3,(H,3,4);/q;;;;+2/p-2. The molecule has 268 valence electrons. The summed E-state index contributed by atoms with van der Waals surface area (Å²) in [5.41, 5.74) is 13.5. The molecule has 0 saturated heterocycles. The Morgan fingerprint density at radius 2 is 0.647 bits per heavy atom. The van der Waals surface area contributed by atoms with Crippen molar-refractivity contribution in [3.63, 3.8) is 0 Å². The molecule has 4 nitrogen and oxygen atoms in total. The quantitative estimate of drug-likeness (QED) is 0.193. The first-order chi connectivity index (χ1) is 23.4. The van der Waals surface area contributed by atoms with Gasteiger partial charge in [0.2, 0.25) is 0 Å². The van der Waals surface area contributed by atoms with Gasteiger partial charge in [0.1, 0.15) is 0 Å². The van der Waals surface area contributed by atoms with Crippen molar-refractivity contribution < 1.29 is 15.7 Å². The first kappa shape index (κ1) is 37.4. The summed E-state index contributed by atoms with van der Waals surface area (Å²) in [4.78, 5) is 27.2. The zero-order valence-electron chi connectivity index (χ0n) is 33.2. The van der Waals surface area contributed by atoms with E-state index < -0.39 is 31.1 Å². The summed E-state index contributed by atoms with van der Waals surface area (Å²) >= 11 is -5.18. The third-order valence-corrected chi connectivity index (χ3v) is 22.5. The number of carbonyl (C=O) groups is 2. The maximum absolute atomic E-state index is 13.6. The van der Waals surface area contributed by atoms with Gasteiger partial charge in [-0.15, -0.1) is 0 Å². The summed E-state index contributed by atoms with van der Waals surface area (Å²) in [6.45, 7) is 29.8. The summed E-state index contributed by atoms with van der Waals surface area (Å²) in [5.74, 6) is -0.820. The van der Waals surface area contributed by atoms with Crippen molar-refractivity contribution in [2.24, 2.45) is 0 Å². The number of benzene rings is 4. The van der Waals surface area contributed by atoms with Gasteiger partial charge in [0.25, 0.3) is 0 Å². The van der Waals surface area contributed by atoms with E-state index in [1.807, 2.05) is 0 Å². The first-order valence-corrected chi connectivity index (χ1v) is 24.0. The Morgan fingerprint density at radius 3 is 0.824 bits per heavy atom. The van der Waals surface area contributed by atoms with Gasteiger partial charge in [-0.2, -0.15) is 0 Å². The predicted octanol–water partition coefficient (Wildman–Crippen LogP) is 11.4. The third-order valence-electron chi connectivity index (χ3n) is 10.9. The summed E-state index contributed by atoms with van der Waals surface area (Å²) < 4.78 is 13.0. The number of rotatable bonds is 4. The molecular weight excluding hydrogens is 735 g/mol. The van der Waals surface area contributed by atoms with Crippen LogP contribution < -0.4 is 0 Å². The van der Waals surface area contributed by atoms with Crippen LogP contribution in [0.1, 0.15) is 149 Å². The minimum atomic E-state index is -5.18. The molecule has 2 aliphatic rings. The van der Waals surface area contributed by atoms with Crippen molar-refractivity contribution in [3.05, 3.63) is 117 Å². The van der Waals surface area contributed by atoms with Crippen molar-refractivity contribution in [2.45, 2.75) is 126 Å². The molecule has 0 spiro atoms. The number of hydrogen-bond donors (Lipinski definition) is 0. The second-order valence-corrected chi connectivity index (χ2v) is 27.6. The van der Waals surface area contributed by atoms with Crippen LogP contribution in [0.4, 0.5) is 0 Å². The van der Waals surface area contributed by atoms with Crippen LogP contribution in [0, 0.1) is 0 Å². The molecule has 0 bridgehead atoms. The SMILES string of the molecule is CC(=O)[O][Sn]([O]C(C)=O)([CH]1c2ccc(C(C)(C)C)cc2-c2cc(C(C)(C)C)ccc21)[CH]1c2ccc(C(C)(C)C)cc2-c2cc(C(C)(C)C)ccc21. The van der Waals surface area contributed by atoms with E-state index in [1.54, 1.807) is 0 Å². The van der Waals surface area contributed by atoms with Gasteiger partial charge in [0.05, 0.1) is 0 Å². The molecule has 0 fully saturated rings. The molecule has 51 heavy (non-hydrogen) atoms. The van der Waals surface area contributed by atoms with Gasteiger partial charge < -0.3 is 0 Å². The summed E-state index contributed by atoms with van der Waals surface area (Å²) in [7, 11) is 0. The molecule has 0 amide bonds. The van der Waals surface area contributed by atoms with Crippen LogP contribution >= 0.6 is 0 Å². The molecule has 0 radical (unpaired) electrons. The topological polar surface area (TPSA) is 52.6 Å². The van der Waals surface area contributed by atoms with E-state index in [0.29, 0.717) is 0 Å². The monoisotopic (exact) mass is 792 g/mol. The molecule has 0 unspecified atom stereocenters. The maximum atomic E-state index is 13.6. The predicted molar refractivity (Wildman–Crippen MR) is 212 cm³/mol. The van der Waals surface area contributed by atoms with E-state index in [9.17, 15) is 9.59 Å². The first-order valence-electron chi connectivity index (χ1n) is 18.4. The average molecular weight is 792 g/mol. The molecule has 6 rings (SSSR count). The molecule has 0 N–H and O–H groups in total. The van der Waals surface area contributed by atoms with Crippen molar-refractivity contribution in [1.82, 2.24) is 0 Å². The van der Waals surface area contributed by atoms with Gasteiger partial charge in [-0.05, 0) is 0 Å². The Labute approximate surface area is 311 Å². The molecule has 0 aromatic heterocycles. The Bertz CT molecular complexity index is 1780. The van der Waals surface area contributed by atoms with Crippen LogP contribution in [0.3, 0.4) is 0 Å². The van der Waals surface area contributed by atoms with E-state index in [4.69, 9.17) is 6.15 Å². The second kappa shape index (κ2) is 12.4. The number of hydrogen-bond acceptors (Lipinski definition) is 4. The molecule has 4 aromatic rings. The summed E-state index contributed by atoms with van der Waals surface area (Å²) in [6, 6.07) is 27.0. The van der Waals surface area contributed by atoms with Crippen molar-refractivity contribution in [2.75, 3.05) is 0 Å². The van der Waals surface area contributed by atoms with Crippen molar-refractivity contribution in [3.8, 4) is 22.3 Å². The van der Waals surface area contributed by atoms with E-state index in [-0.39, 0.29) is 29.5 Å². The van der Waals surface area contributed by atoms with Crippen LogP contribution in [0.5, 0.6) is 0 Å². The molecule has 0 aliphatic heterocycles. The number of fused-ring (bicyclic) bond motifs is 6. The normalized spacial score (nSPS) is 14.9. The van der Waals surface area contributed by atoms with E-state index in [2.05, 4.69) is 156 Å².